The van der Waals surface area contributed by atoms with E-state index in [-0.39, 0.29) is 0 Å². The molecular weight excluding hydrogens is 501 g/mol. The maximum Gasteiger partial charge on any atom is 0.108 e. The Hall–Kier alpha value is -2.66. The molecule has 1 aliphatic heterocycles. The maximum absolute atomic E-state index is 6.52. The first-order valence-corrected chi connectivity index (χ1v) is 13.4. The van der Waals surface area contributed by atoms with Crippen LogP contribution in [0.1, 0.15) is 23.1 Å². The molecular formula is C32H31Cl2NO2. The third-order valence-electron chi connectivity index (χ3n) is 6.94. The second-order valence-electron chi connectivity index (χ2n) is 9.53. The summed E-state index contributed by atoms with van der Waals surface area (Å²) in [5.74, 6) is 0. The molecule has 0 spiro atoms. The molecule has 4 aromatic rings. The molecule has 0 saturated carbocycles. The first kappa shape index (κ1) is 26.0. The quantitative estimate of drug-likeness (QED) is 0.204. The molecule has 1 fully saturated rings. The Morgan fingerprint density at radius 3 is 2.19 bits per heavy atom. The molecule has 0 radical (unpaired) electrons. The van der Waals surface area contributed by atoms with Crippen LogP contribution in [-0.2, 0) is 28.2 Å². The highest BCUT2D eigenvalue weighted by molar-refractivity contribution is 6.42. The molecule has 1 atom stereocenters. The number of rotatable bonds is 9. The molecule has 1 saturated heterocycles. The van der Waals surface area contributed by atoms with Crippen molar-refractivity contribution in [2.45, 2.75) is 25.2 Å². The van der Waals surface area contributed by atoms with Crippen LogP contribution in [0.25, 0.3) is 11.1 Å². The van der Waals surface area contributed by atoms with Crippen molar-refractivity contribution in [1.82, 2.24) is 4.90 Å². The predicted molar refractivity (Wildman–Crippen MR) is 152 cm³/mol. The van der Waals surface area contributed by atoms with Gasteiger partial charge < -0.3 is 9.47 Å². The largest absolute Gasteiger partial charge is 0.377 e. The Morgan fingerprint density at radius 1 is 0.757 bits per heavy atom. The minimum atomic E-state index is -0.521. The third-order valence-corrected chi connectivity index (χ3v) is 7.68. The zero-order valence-corrected chi connectivity index (χ0v) is 22.3. The van der Waals surface area contributed by atoms with E-state index in [9.17, 15) is 0 Å². The molecule has 37 heavy (non-hydrogen) atoms. The lowest BCUT2D eigenvalue weighted by molar-refractivity contribution is -0.130. The fourth-order valence-electron chi connectivity index (χ4n) is 4.93. The number of hydrogen-bond acceptors (Lipinski definition) is 3. The Morgan fingerprint density at radius 2 is 1.46 bits per heavy atom. The van der Waals surface area contributed by atoms with Gasteiger partial charge >= 0.3 is 0 Å². The average Bonchev–Trinajstić information content (AvgIpc) is 2.94. The Bertz CT molecular complexity index is 1280. The summed E-state index contributed by atoms with van der Waals surface area (Å²) < 4.78 is 12.6. The van der Waals surface area contributed by atoms with Crippen molar-refractivity contribution in [1.29, 1.82) is 0 Å². The van der Waals surface area contributed by atoms with Crippen LogP contribution in [0.3, 0.4) is 0 Å². The van der Waals surface area contributed by atoms with Gasteiger partial charge in [0.25, 0.3) is 0 Å². The van der Waals surface area contributed by atoms with Gasteiger partial charge in [0.05, 0.1) is 29.9 Å². The van der Waals surface area contributed by atoms with Crippen molar-refractivity contribution in [2.75, 3.05) is 26.3 Å². The van der Waals surface area contributed by atoms with Gasteiger partial charge in [0.1, 0.15) is 5.60 Å². The van der Waals surface area contributed by atoms with E-state index in [1.54, 1.807) is 0 Å². The van der Waals surface area contributed by atoms with E-state index in [4.69, 9.17) is 32.7 Å². The van der Waals surface area contributed by atoms with Gasteiger partial charge in [-0.1, -0.05) is 114 Å². The summed E-state index contributed by atoms with van der Waals surface area (Å²) in [5, 5.41) is 1.09. The van der Waals surface area contributed by atoms with E-state index in [0.29, 0.717) is 29.9 Å². The molecule has 5 heteroatoms. The summed E-state index contributed by atoms with van der Waals surface area (Å²) in [4.78, 5) is 2.46. The van der Waals surface area contributed by atoms with Crippen LogP contribution in [0.5, 0.6) is 0 Å². The van der Waals surface area contributed by atoms with Crippen molar-refractivity contribution in [2.24, 2.45) is 0 Å². The molecule has 0 aliphatic carbocycles. The number of benzene rings is 4. The normalized spacial score (nSPS) is 18.1. The molecule has 0 aromatic heterocycles. The standard InChI is InChI=1S/C32H31Cl2NO2/c33-30-16-15-29(21-31(30)34)32(17-19-36-23-26-7-3-1-4-8-26)24-35(18-20-37-32)22-25-11-13-28(14-12-25)27-9-5-2-6-10-27/h1-16,21H,17-20,22-24H2. The van der Waals surface area contributed by atoms with E-state index in [1.165, 1.54) is 16.7 Å². The van der Waals surface area contributed by atoms with E-state index < -0.39 is 5.60 Å². The number of morpholine rings is 1. The number of nitrogens with zero attached hydrogens (tertiary/aromatic N) is 1. The van der Waals surface area contributed by atoms with Crippen molar-refractivity contribution in [3.05, 3.63) is 130 Å². The van der Waals surface area contributed by atoms with Gasteiger partial charge in [0.15, 0.2) is 0 Å². The highest BCUT2D eigenvalue weighted by atomic mass is 35.5. The van der Waals surface area contributed by atoms with Gasteiger partial charge in [-0.3, -0.25) is 4.90 Å². The summed E-state index contributed by atoms with van der Waals surface area (Å²) in [5.41, 5.74) is 5.42. The number of hydrogen-bond donors (Lipinski definition) is 0. The zero-order chi connectivity index (χ0) is 25.5. The van der Waals surface area contributed by atoms with E-state index in [1.807, 2.05) is 42.5 Å². The molecule has 190 valence electrons. The summed E-state index contributed by atoms with van der Waals surface area (Å²) in [6, 6.07) is 35.4. The van der Waals surface area contributed by atoms with Crippen LogP contribution in [0.4, 0.5) is 0 Å². The van der Waals surface area contributed by atoms with Crippen molar-refractivity contribution in [3.8, 4) is 11.1 Å². The highest BCUT2D eigenvalue weighted by Crippen LogP contribution is 2.37. The molecule has 0 amide bonds. The lowest BCUT2D eigenvalue weighted by Crippen LogP contribution is -2.50. The van der Waals surface area contributed by atoms with Crippen LogP contribution >= 0.6 is 23.2 Å². The van der Waals surface area contributed by atoms with Gasteiger partial charge in [-0.15, -0.1) is 0 Å². The highest BCUT2D eigenvalue weighted by Gasteiger charge is 2.38. The molecule has 5 rings (SSSR count). The first-order valence-electron chi connectivity index (χ1n) is 12.7. The van der Waals surface area contributed by atoms with Gasteiger partial charge in [-0.25, -0.2) is 0 Å². The smallest absolute Gasteiger partial charge is 0.108 e. The minimum absolute atomic E-state index is 0.521. The Kier molecular flexibility index (Phi) is 8.60. The average molecular weight is 533 g/mol. The van der Waals surface area contributed by atoms with Crippen LogP contribution in [0.2, 0.25) is 10.0 Å². The number of halogens is 2. The third kappa shape index (κ3) is 6.62. The molecule has 0 bridgehead atoms. The first-order chi connectivity index (χ1) is 18.1. The van der Waals surface area contributed by atoms with Crippen LogP contribution in [0, 0.1) is 0 Å². The Balaban J connectivity index is 1.30. The molecule has 0 N–H and O–H groups in total. The van der Waals surface area contributed by atoms with Crippen molar-refractivity contribution in [3.63, 3.8) is 0 Å². The SMILES string of the molecule is Clc1ccc(C2(CCOCc3ccccc3)CN(Cc3ccc(-c4ccccc4)cc3)CCO2)cc1Cl. The summed E-state index contributed by atoms with van der Waals surface area (Å²) in [7, 11) is 0. The Labute approximate surface area is 229 Å². The van der Waals surface area contributed by atoms with Gasteiger partial charge in [-0.2, -0.15) is 0 Å². The molecule has 3 nitrogen and oxygen atoms in total. The monoisotopic (exact) mass is 531 g/mol. The van der Waals surface area contributed by atoms with Crippen LogP contribution in [0.15, 0.2) is 103 Å². The fraction of sp³-hybridized carbons (Fsp3) is 0.250. The van der Waals surface area contributed by atoms with E-state index in [0.717, 1.165) is 37.2 Å². The summed E-state index contributed by atoms with van der Waals surface area (Å²) >= 11 is 12.7. The van der Waals surface area contributed by atoms with Crippen LogP contribution in [-0.4, -0.2) is 31.2 Å². The van der Waals surface area contributed by atoms with Crippen molar-refractivity contribution >= 4 is 23.2 Å². The summed E-state index contributed by atoms with van der Waals surface area (Å²) in [6.45, 7) is 4.27. The second-order valence-corrected chi connectivity index (χ2v) is 10.3. The maximum atomic E-state index is 6.52. The zero-order valence-electron chi connectivity index (χ0n) is 20.8. The minimum Gasteiger partial charge on any atom is -0.377 e. The predicted octanol–water partition coefficient (Wildman–Crippen LogP) is 8.00. The van der Waals surface area contributed by atoms with Gasteiger partial charge in [0.2, 0.25) is 0 Å². The molecule has 1 heterocycles. The summed E-state index contributed by atoms with van der Waals surface area (Å²) in [6.07, 6.45) is 0.723. The lowest BCUT2D eigenvalue weighted by Gasteiger charge is -2.43. The molecule has 1 aliphatic rings. The number of ether oxygens (including phenoxy) is 2. The van der Waals surface area contributed by atoms with Crippen molar-refractivity contribution < 1.29 is 9.47 Å². The van der Waals surface area contributed by atoms with Gasteiger partial charge in [-0.05, 0) is 39.9 Å². The van der Waals surface area contributed by atoms with E-state index in [2.05, 4.69) is 65.6 Å². The topological polar surface area (TPSA) is 21.7 Å². The van der Waals surface area contributed by atoms with Gasteiger partial charge in [0, 0.05) is 26.1 Å². The van der Waals surface area contributed by atoms with E-state index >= 15 is 0 Å². The second kappa shape index (κ2) is 12.3. The molecule has 4 aromatic carbocycles. The van der Waals surface area contributed by atoms with Crippen LogP contribution < -0.4 is 0 Å². The fourth-order valence-corrected chi connectivity index (χ4v) is 5.23. The molecule has 1 unspecified atom stereocenters. The lowest BCUT2D eigenvalue weighted by atomic mass is 9.88.